The van der Waals surface area contributed by atoms with E-state index in [0.29, 0.717) is 18.3 Å². The maximum Gasteiger partial charge on any atom is 0.188 e. The Morgan fingerprint density at radius 1 is 1.08 bits per heavy atom. The second-order valence-corrected chi connectivity index (χ2v) is 6.27. The molecule has 0 saturated heterocycles. The van der Waals surface area contributed by atoms with Crippen molar-refractivity contribution in [1.82, 2.24) is 5.32 Å². The van der Waals surface area contributed by atoms with Gasteiger partial charge in [0, 0.05) is 12.1 Å². The summed E-state index contributed by atoms with van der Waals surface area (Å²) in [7, 11) is 0. The number of nitrogens with one attached hydrogen (secondary N) is 1. The molecule has 1 aliphatic carbocycles. The molecular weight excluding hydrogens is 425 g/mol. The van der Waals surface area contributed by atoms with Crippen molar-refractivity contribution in [3.05, 3.63) is 64.7 Å². The standard InChI is InChI=1S/C20H25N3O.HI/c21-20(22-13-12-15-6-2-1-3-7-15)23-14-18-17-9-5-4-8-16(17)10-11-19(18)24;/h1-3,6-7,10-11,24H,4-5,8-9,12-14H2,(H3,21,22,23);1H. The van der Waals surface area contributed by atoms with Crippen molar-refractivity contribution >= 4 is 29.9 Å². The van der Waals surface area contributed by atoms with Crippen molar-refractivity contribution in [2.45, 2.75) is 38.6 Å². The van der Waals surface area contributed by atoms with Gasteiger partial charge < -0.3 is 16.2 Å². The number of halogens is 1. The number of benzene rings is 2. The number of hydrogen-bond donors (Lipinski definition) is 3. The van der Waals surface area contributed by atoms with Crippen molar-refractivity contribution in [3.8, 4) is 5.75 Å². The van der Waals surface area contributed by atoms with E-state index < -0.39 is 0 Å². The Labute approximate surface area is 166 Å². The third-order valence-corrected chi connectivity index (χ3v) is 4.60. The predicted octanol–water partition coefficient (Wildman–Crippen LogP) is 3.54. The van der Waals surface area contributed by atoms with Gasteiger partial charge in [0.2, 0.25) is 0 Å². The van der Waals surface area contributed by atoms with Crippen LogP contribution in [0.2, 0.25) is 0 Å². The lowest BCUT2D eigenvalue weighted by molar-refractivity contribution is 0.465. The van der Waals surface area contributed by atoms with Crippen LogP contribution in [0.1, 0.15) is 35.1 Å². The summed E-state index contributed by atoms with van der Waals surface area (Å²) >= 11 is 0. The number of aliphatic imine (C=N–C) groups is 1. The van der Waals surface area contributed by atoms with Crippen LogP contribution >= 0.6 is 24.0 Å². The van der Waals surface area contributed by atoms with Crippen molar-refractivity contribution < 1.29 is 5.11 Å². The minimum Gasteiger partial charge on any atom is -0.508 e. The van der Waals surface area contributed by atoms with E-state index in [1.807, 2.05) is 24.3 Å². The van der Waals surface area contributed by atoms with E-state index in [1.165, 1.54) is 29.5 Å². The zero-order valence-electron chi connectivity index (χ0n) is 14.4. The van der Waals surface area contributed by atoms with Crippen LogP contribution in [0.4, 0.5) is 0 Å². The van der Waals surface area contributed by atoms with Gasteiger partial charge in [0.05, 0.1) is 6.54 Å². The largest absolute Gasteiger partial charge is 0.508 e. The van der Waals surface area contributed by atoms with E-state index >= 15 is 0 Å². The van der Waals surface area contributed by atoms with Gasteiger partial charge in [0.25, 0.3) is 0 Å². The number of fused-ring (bicyclic) bond motifs is 1. The summed E-state index contributed by atoms with van der Waals surface area (Å²) in [6.45, 7) is 1.18. The number of guanidine groups is 1. The first-order valence-corrected chi connectivity index (χ1v) is 8.64. The van der Waals surface area contributed by atoms with Crippen LogP contribution in [0.5, 0.6) is 5.75 Å². The number of aromatic hydroxyl groups is 1. The average Bonchev–Trinajstić information content (AvgIpc) is 2.62. The molecule has 0 atom stereocenters. The lowest BCUT2D eigenvalue weighted by Crippen LogP contribution is -2.33. The van der Waals surface area contributed by atoms with Crippen molar-refractivity contribution in [2.75, 3.05) is 6.54 Å². The minimum absolute atomic E-state index is 0. The Balaban J connectivity index is 0.00000225. The fourth-order valence-electron chi connectivity index (χ4n) is 3.27. The normalized spacial score (nSPS) is 13.7. The molecule has 0 spiro atoms. The maximum absolute atomic E-state index is 10.2. The molecule has 25 heavy (non-hydrogen) atoms. The highest BCUT2D eigenvalue weighted by Gasteiger charge is 2.16. The van der Waals surface area contributed by atoms with Gasteiger partial charge in [0.15, 0.2) is 5.96 Å². The smallest absolute Gasteiger partial charge is 0.188 e. The van der Waals surface area contributed by atoms with Gasteiger partial charge in [-0.2, -0.15) is 0 Å². The summed E-state index contributed by atoms with van der Waals surface area (Å²) in [5.41, 5.74) is 10.8. The molecule has 0 heterocycles. The van der Waals surface area contributed by atoms with Gasteiger partial charge in [0.1, 0.15) is 5.75 Å². The first-order valence-electron chi connectivity index (χ1n) is 8.64. The zero-order valence-corrected chi connectivity index (χ0v) is 16.7. The maximum atomic E-state index is 10.2. The summed E-state index contributed by atoms with van der Waals surface area (Å²) in [5.74, 6) is 0.759. The molecule has 0 bridgehead atoms. The molecule has 0 fully saturated rings. The second-order valence-electron chi connectivity index (χ2n) is 6.27. The molecule has 2 aromatic rings. The molecule has 3 rings (SSSR count). The Morgan fingerprint density at radius 3 is 2.64 bits per heavy atom. The van der Waals surface area contributed by atoms with E-state index in [-0.39, 0.29) is 24.0 Å². The minimum atomic E-state index is 0. The van der Waals surface area contributed by atoms with Crippen LogP contribution in [0, 0.1) is 0 Å². The SMILES string of the molecule is I.NC(=NCc1c(O)ccc2c1CCCC2)NCCc1ccccc1. The molecule has 1 aliphatic rings. The quantitative estimate of drug-likeness (QED) is 0.370. The molecule has 0 amide bonds. The summed E-state index contributed by atoms with van der Waals surface area (Å²) in [6.07, 6.45) is 5.43. The van der Waals surface area contributed by atoms with E-state index in [9.17, 15) is 5.11 Å². The predicted molar refractivity (Wildman–Crippen MR) is 114 cm³/mol. The molecule has 0 radical (unpaired) electrons. The number of phenols is 1. The molecule has 0 unspecified atom stereocenters. The Kier molecular flexibility index (Phi) is 7.55. The second kappa shape index (κ2) is 9.65. The fraction of sp³-hybridized carbons (Fsp3) is 0.350. The molecule has 0 aromatic heterocycles. The van der Waals surface area contributed by atoms with Crippen molar-refractivity contribution in [2.24, 2.45) is 10.7 Å². The molecule has 4 N–H and O–H groups in total. The molecule has 5 heteroatoms. The van der Waals surface area contributed by atoms with Gasteiger partial charge in [-0.3, -0.25) is 0 Å². The van der Waals surface area contributed by atoms with Crippen LogP contribution in [0.15, 0.2) is 47.5 Å². The molecule has 0 aliphatic heterocycles. The Bertz CT molecular complexity index is 716. The molecule has 4 nitrogen and oxygen atoms in total. The van der Waals surface area contributed by atoms with E-state index in [1.54, 1.807) is 6.07 Å². The van der Waals surface area contributed by atoms with E-state index in [2.05, 4.69) is 22.4 Å². The highest BCUT2D eigenvalue weighted by molar-refractivity contribution is 14.0. The number of rotatable bonds is 5. The van der Waals surface area contributed by atoms with Crippen molar-refractivity contribution in [1.29, 1.82) is 0 Å². The third-order valence-electron chi connectivity index (χ3n) is 4.60. The number of nitrogens with two attached hydrogens (primary N) is 1. The van der Waals surface area contributed by atoms with Crippen LogP contribution in [0.3, 0.4) is 0 Å². The Hall–Kier alpha value is -1.76. The molecule has 2 aromatic carbocycles. The first kappa shape index (κ1) is 19.6. The van der Waals surface area contributed by atoms with Gasteiger partial charge in [-0.15, -0.1) is 24.0 Å². The van der Waals surface area contributed by atoms with Crippen LogP contribution in [-0.2, 0) is 25.8 Å². The van der Waals surface area contributed by atoms with E-state index in [0.717, 1.165) is 31.4 Å². The third kappa shape index (κ3) is 5.36. The molecule has 134 valence electrons. The highest BCUT2D eigenvalue weighted by Crippen LogP contribution is 2.30. The van der Waals surface area contributed by atoms with Crippen LogP contribution < -0.4 is 11.1 Å². The summed E-state index contributed by atoms with van der Waals surface area (Å²) in [4.78, 5) is 4.42. The van der Waals surface area contributed by atoms with Gasteiger partial charge in [-0.1, -0.05) is 36.4 Å². The molecule has 0 saturated carbocycles. The zero-order chi connectivity index (χ0) is 16.8. The topological polar surface area (TPSA) is 70.6 Å². The summed E-state index contributed by atoms with van der Waals surface area (Å²) in [6, 6.07) is 14.1. The highest BCUT2D eigenvalue weighted by atomic mass is 127. The fourth-order valence-corrected chi connectivity index (χ4v) is 3.27. The lowest BCUT2D eigenvalue weighted by atomic mass is 9.88. The first-order chi connectivity index (χ1) is 11.7. The van der Waals surface area contributed by atoms with Gasteiger partial charge in [-0.25, -0.2) is 4.99 Å². The van der Waals surface area contributed by atoms with Crippen molar-refractivity contribution in [3.63, 3.8) is 0 Å². The number of aryl methyl sites for hydroxylation is 1. The van der Waals surface area contributed by atoms with Crippen LogP contribution in [0.25, 0.3) is 0 Å². The lowest BCUT2D eigenvalue weighted by Gasteiger charge is -2.19. The van der Waals surface area contributed by atoms with Gasteiger partial charge in [-0.05, 0) is 54.9 Å². The molecular formula is C20H26IN3O. The van der Waals surface area contributed by atoms with E-state index in [4.69, 9.17) is 5.73 Å². The van der Waals surface area contributed by atoms with Gasteiger partial charge >= 0.3 is 0 Å². The Morgan fingerprint density at radius 2 is 1.84 bits per heavy atom. The summed E-state index contributed by atoms with van der Waals surface area (Å²) in [5, 5.41) is 13.3. The summed E-state index contributed by atoms with van der Waals surface area (Å²) < 4.78 is 0. The average molecular weight is 451 g/mol. The number of hydrogen-bond acceptors (Lipinski definition) is 2. The number of nitrogens with zero attached hydrogens (tertiary/aromatic N) is 1. The number of phenolic OH excluding ortho intramolecular Hbond substituents is 1. The monoisotopic (exact) mass is 451 g/mol. The van der Waals surface area contributed by atoms with Crippen LogP contribution in [-0.4, -0.2) is 17.6 Å².